The monoisotopic (exact) mass is 778 g/mol. The van der Waals surface area contributed by atoms with E-state index in [0.29, 0.717) is 18.8 Å². The zero-order valence-corrected chi connectivity index (χ0v) is 33.8. The van der Waals surface area contributed by atoms with Crippen LogP contribution in [0.3, 0.4) is 0 Å². The third-order valence-corrected chi connectivity index (χ3v) is 17.2. The van der Waals surface area contributed by atoms with E-state index in [1.807, 2.05) is 0 Å². The molecule has 18 atom stereocenters. The molecule has 7 N–H and O–H groups in total. The first kappa shape index (κ1) is 41.5. The van der Waals surface area contributed by atoms with Crippen LogP contribution in [0.15, 0.2) is 11.6 Å². The molecule has 5 aliphatic carbocycles. The summed E-state index contributed by atoms with van der Waals surface area (Å²) >= 11 is 0. The van der Waals surface area contributed by atoms with E-state index in [9.17, 15) is 45.3 Å². The fourth-order valence-corrected chi connectivity index (χ4v) is 13.6. The van der Waals surface area contributed by atoms with Crippen molar-refractivity contribution >= 4 is 11.9 Å². The van der Waals surface area contributed by atoms with Gasteiger partial charge in [-0.15, -0.1) is 0 Å². The summed E-state index contributed by atoms with van der Waals surface area (Å²) in [6.07, 6.45) is -5.44. The molecule has 312 valence electrons. The SMILES string of the molecule is C[C@@H]1O[C@H](O[C@H]2[C@H](O)[C@@H](O)[C@H](O[C@H]3CC[C@@]4(C)[C@H](CC[C@@]5(C)[C@H]4CC=C4[C@@H]6CC(C)(C)CC[C@]6(C(=O)O)CC[C@@]45C)C3(C)C)O[C@H]2C(=O)O)[C@H](O)[C@H](O)[C@@H]1O. The standard InChI is InChI=1S/C42H66O13/c1-20-26(43)27(44)29(46)34(52-20)54-31-28(45)30(47)35(55-32(31)33(48)49)53-25-12-13-39(6)23(38(25,4)5)11-14-41(8)24(39)10-9-21-22-19-37(2,3)15-17-42(22,36(50)51)18-16-40(21,41)7/h9,20,22-32,34-35,43-47H,10-19H2,1-8H3,(H,48,49)(H,50,51)/t20-,22-,23+,24-,25-,26+,27+,28+,29+,30+,31-,32+,34+,35+,39-,40-,41-,42-/m0/s1. The number of carbonyl (C=O) groups is 2. The van der Waals surface area contributed by atoms with E-state index in [0.717, 1.165) is 51.4 Å². The van der Waals surface area contributed by atoms with Gasteiger partial charge < -0.3 is 54.7 Å². The first-order valence-corrected chi connectivity index (χ1v) is 20.6. The van der Waals surface area contributed by atoms with Crippen molar-refractivity contribution < 1.29 is 64.3 Å². The minimum atomic E-state index is -1.81. The first-order valence-electron chi connectivity index (χ1n) is 20.6. The van der Waals surface area contributed by atoms with Gasteiger partial charge in [0, 0.05) is 0 Å². The number of aliphatic carboxylic acids is 2. The highest BCUT2D eigenvalue weighted by molar-refractivity contribution is 5.76. The molecule has 4 saturated carbocycles. The van der Waals surface area contributed by atoms with Gasteiger partial charge in [-0.2, -0.15) is 0 Å². The number of allylic oxidation sites excluding steroid dienone is 2. The summed E-state index contributed by atoms with van der Waals surface area (Å²) < 4.78 is 23.5. The van der Waals surface area contributed by atoms with Gasteiger partial charge in [0.1, 0.15) is 36.6 Å². The van der Waals surface area contributed by atoms with Crippen LogP contribution < -0.4 is 0 Å². The molecule has 2 heterocycles. The van der Waals surface area contributed by atoms with E-state index in [-0.39, 0.29) is 33.5 Å². The zero-order chi connectivity index (χ0) is 40.4. The van der Waals surface area contributed by atoms with E-state index in [2.05, 4.69) is 54.5 Å². The van der Waals surface area contributed by atoms with Crippen LogP contribution >= 0.6 is 0 Å². The number of rotatable bonds is 6. The van der Waals surface area contributed by atoms with E-state index < -0.39 is 90.3 Å². The van der Waals surface area contributed by atoms with Gasteiger partial charge in [-0.05, 0) is 116 Å². The number of aliphatic hydroxyl groups excluding tert-OH is 5. The molecular formula is C42H66O13. The Balaban J connectivity index is 1.10. The lowest BCUT2D eigenvalue weighted by Crippen LogP contribution is -2.67. The second-order valence-electron chi connectivity index (χ2n) is 20.7. The number of carboxylic acids is 2. The van der Waals surface area contributed by atoms with Crippen molar-refractivity contribution in [1.29, 1.82) is 0 Å². The second kappa shape index (κ2) is 13.7. The van der Waals surface area contributed by atoms with Crippen molar-refractivity contribution in [1.82, 2.24) is 0 Å². The highest BCUT2D eigenvalue weighted by Crippen LogP contribution is 2.76. The minimum absolute atomic E-state index is 0.0313. The van der Waals surface area contributed by atoms with Gasteiger partial charge in [0.25, 0.3) is 0 Å². The van der Waals surface area contributed by atoms with Gasteiger partial charge in [0.15, 0.2) is 18.7 Å². The molecule has 0 aromatic rings. The smallest absolute Gasteiger partial charge is 0.335 e. The van der Waals surface area contributed by atoms with Crippen LogP contribution in [0.4, 0.5) is 0 Å². The van der Waals surface area contributed by atoms with Gasteiger partial charge in [0.2, 0.25) is 0 Å². The van der Waals surface area contributed by atoms with Gasteiger partial charge >= 0.3 is 11.9 Å². The molecule has 0 spiro atoms. The van der Waals surface area contributed by atoms with Gasteiger partial charge in [-0.1, -0.05) is 60.1 Å². The molecule has 0 amide bonds. The quantitative estimate of drug-likeness (QED) is 0.150. The van der Waals surface area contributed by atoms with Crippen LogP contribution in [0.2, 0.25) is 0 Å². The van der Waals surface area contributed by atoms with Gasteiger partial charge in [-0.3, -0.25) is 4.79 Å². The Labute approximate surface area is 324 Å². The average Bonchev–Trinajstić information content (AvgIpc) is 3.10. The van der Waals surface area contributed by atoms with Crippen LogP contribution in [-0.2, 0) is 28.5 Å². The fourth-order valence-electron chi connectivity index (χ4n) is 13.6. The van der Waals surface area contributed by atoms with E-state index in [4.69, 9.17) is 18.9 Å². The number of carboxylic acid groups (broad SMARTS) is 2. The Morgan fingerprint density at radius 1 is 0.727 bits per heavy atom. The summed E-state index contributed by atoms with van der Waals surface area (Å²) in [6, 6.07) is 0. The number of hydrogen-bond donors (Lipinski definition) is 7. The molecule has 0 bridgehead atoms. The molecule has 0 aromatic heterocycles. The molecule has 0 aromatic carbocycles. The van der Waals surface area contributed by atoms with E-state index in [1.54, 1.807) is 0 Å². The number of aliphatic hydroxyl groups is 5. The lowest BCUT2D eigenvalue weighted by atomic mass is 9.33. The van der Waals surface area contributed by atoms with Crippen molar-refractivity contribution in [2.75, 3.05) is 0 Å². The summed E-state index contributed by atoms with van der Waals surface area (Å²) in [5.41, 5.74) is 0.142. The van der Waals surface area contributed by atoms with Crippen molar-refractivity contribution in [2.45, 2.75) is 187 Å². The molecule has 0 unspecified atom stereocenters. The van der Waals surface area contributed by atoms with Crippen LogP contribution in [0.25, 0.3) is 0 Å². The fraction of sp³-hybridized carbons (Fsp3) is 0.905. The predicted molar refractivity (Wildman–Crippen MR) is 197 cm³/mol. The lowest BCUT2D eigenvalue weighted by Gasteiger charge is -2.71. The minimum Gasteiger partial charge on any atom is -0.481 e. The molecular weight excluding hydrogens is 712 g/mol. The maximum absolute atomic E-state index is 13.0. The van der Waals surface area contributed by atoms with Crippen molar-refractivity contribution in [3.8, 4) is 0 Å². The van der Waals surface area contributed by atoms with E-state index in [1.165, 1.54) is 12.5 Å². The molecule has 2 saturated heterocycles. The Bertz CT molecular complexity index is 1550. The number of hydrogen-bond acceptors (Lipinski definition) is 11. The van der Waals surface area contributed by atoms with Crippen molar-refractivity contribution in [2.24, 2.45) is 50.2 Å². The summed E-state index contributed by atoms with van der Waals surface area (Å²) in [5, 5.41) is 74.2. The normalized spacial score (nSPS) is 53.1. The van der Waals surface area contributed by atoms with Crippen molar-refractivity contribution in [3.63, 3.8) is 0 Å². The van der Waals surface area contributed by atoms with Crippen molar-refractivity contribution in [3.05, 3.63) is 11.6 Å². The first-order chi connectivity index (χ1) is 25.4. The highest BCUT2D eigenvalue weighted by Gasteiger charge is 2.69. The van der Waals surface area contributed by atoms with Gasteiger partial charge in [-0.25, -0.2) is 4.79 Å². The molecule has 55 heavy (non-hydrogen) atoms. The molecule has 7 aliphatic rings. The Morgan fingerprint density at radius 3 is 2.02 bits per heavy atom. The molecule has 13 heteroatoms. The second-order valence-corrected chi connectivity index (χ2v) is 20.7. The molecule has 13 nitrogen and oxygen atoms in total. The molecule has 6 fully saturated rings. The summed E-state index contributed by atoms with van der Waals surface area (Å²) in [4.78, 5) is 25.5. The number of fused-ring (bicyclic) bond motifs is 7. The summed E-state index contributed by atoms with van der Waals surface area (Å²) in [6.45, 7) is 17.7. The Hall–Kier alpha value is -1.68. The zero-order valence-electron chi connectivity index (χ0n) is 33.8. The highest BCUT2D eigenvalue weighted by atomic mass is 16.7. The maximum Gasteiger partial charge on any atom is 0.335 e. The average molecular weight is 779 g/mol. The number of ether oxygens (including phenoxy) is 4. The third kappa shape index (κ3) is 6.10. The van der Waals surface area contributed by atoms with Gasteiger partial charge in [0.05, 0.1) is 17.6 Å². The molecule has 2 aliphatic heterocycles. The maximum atomic E-state index is 13.0. The van der Waals surface area contributed by atoms with Crippen LogP contribution in [0.1, 0.15) is 120 Å². The summed E-state index contributed by atoms with van der Waals surface area (Å²) in [5.74, 6) is -1.51. The third-order valence-electron chi connectivity index (χ3n) is 17.2. The molecule has 7 rings (SSSR count). The Morgan fingerprint density at radius 2 is 1.36 bits per heavy atom. The van der Waals surface area contributed by atoms with E-state index >= 15 is 0 Å². The van der Waals surface area contributed by atoms with Crippen LogP contribution in [-0.4, -0.2) is 115 Å². The topological polar surface area (TPSA) is 213 Å². The Kier molecular flexibility index (Phi) is 10.3. The van der Waals surface area contributed by atoms with Crippen LogP contribution in [0.5, 0.6) is 0 Å². The lowest BCUT2D eigenvalue weighted by molar-refractivity contribution is -0.361. The largest absolute Gasteiger partial charge is 0.481 e. The predicted octanol–water partition coefficient (Wildman–Crippen LogP) is 4.00. The van der Waals surface area contributed by atoms with Crippen LogP contribution in [0, 0.1) is 50.2 Å². The molecule has 0 radical (unpaired) electrons. The summed E-state index contributed by atoms with van der Waals surface area (Å²) in [7, 11) is 0.